The number of halogens is 2. The molecule has 0 saturated heterocycles. The third-order valence-corrected chi connectivity index (χ3v) is 3.41. The van der Waals surface area contributed by atoms with Gasteiger partial charge in [0, 0.05) is 25.1 Å². The Balaban J connectivity index is 1.83. The molecule has 16 heavy (non-hydrogen) atoms. The maximum absolute atomic E-state index is 13.1. The van der Waals surface area contributed by atoms with Gasteiger partial charge in [0.1, 0.15) is 5.82 Å². The molecule has 1 aromatic rings. The number of aliphatic hydroxyl groups excluding tert-OH is 1. The normalized spacial score (nSPS) is 17.4. The number of benzene rings is 1. The summed E-state index contributed by atoms with van der Waals surface area (Å²) >= 11 is 5.59. The van der Waals surface area contributed by atoms with E-state index in [0.717, 1.165) is 24.9 Å². The summed E-state index contributed by atoms with van der Waals surface area (Å²) in [6, 6.07) is 4.80. The minimum Gasteiger partial charge on any atom is -0.396 e. The van der Waals surface area contributed by atoms with Gasteiger partial charge in [-0.15, -0.1) is 0 Å². The van der Waals surface area contributed by atoms with E-state index in [0.29, 0.717) is 6.54 Å². The van der Waals surface area contributed by atoms with Crippen molar-refractivity contribution >= 4 is 11.6 Å². The number of hydrogen-bond donors (Lipinski definition) is 2. The zero-order chi connectivity index (χ0) is 11.6. The Bertz CT molecular complexity index is 379. The summed E-state index contributed by atoms with van der Waals surface area (Å²) in [7, 11) is 0. The molecule has 0 aromatic heterocycles. The number of hydrogen-bond acceptors (Lipinski definition) is 2. The Kier molecular flexibility index (Phi) is 3.47. The molecule has 0 amide bonds. The lowest BCUT2D eigenvalue weighted by atomic mass is 10.1. The van der Waals surface area contributed by atoms with Crippen LogP contribution in [-0.2, 0) is 6.54 Å². The third-order valence-electron chi connectivity index (χ3n) is 3.11. The van der Waals surface area contributed by atoms with E-state index in [1.807, 2.05) is 0 Å². The molecule has 0 unspecified atom stereocenters. The second-order valence-electron chi connectivity index (χ2n) is 4.51. The largest absolute Gasteiger partial charge is 0.396 e. The van der Waals surface area contributed by atoms with Gasteiger partial charge in [-0.25, -0.2) is 4.39 Å². The lowest BCUT2D eigenvalue weighted by molar-refractivity contribution is 0.207. The van der Waals surface area contributed by atoms with Crippen LogP contribution in [0, 0.1) is 11.2 Å². The predicted molar refractivity (Wildman–Crippen MR) is 61.9 cm³/mol. The van der Waals surface area contributed by atoms with Crippen molar-refractivity contribution in [2.24, 2.45) is 5.41 Å². The van der Waals surface area contributed by atoms with Crippen LogP contribution in [0.4, 0.5) is 4.39 Å². The van der Waals surface area contributed by atoms with Gasteiger partial charge < -0.3 is 10.4 Å². The molecule has 1 aromatic carbocycles. The Morgan fingerprint density at radius 2 is 2.19 bits per heavy atom. The predicted octanol–water partition coefficient (Wildman–Crippen LogP) is 2.34. The zero-order valence-electron chi connectivity index (χ0n) is 8.97. The molecule has 0 aliphatic heterocycles. The highest BCUT2D eigenvalue weighted by Gasteiger charge is 2.41. The lowest BCUT2D eigenvalue weighted by Gasteiger charge is -2.12. The molecule has 0 bridgehead atoms. The van der Waals surface area contributed by atoms with Gasteiger partial charge in [0.15, 0.2) is 0 Å². The molecular weight excluding hydrogens is 229 g/mol. The van der Waals surface area contributed by atoms with Crippen LogP contribution in [0.5, 0.6) is 0 Å². The van der Waals surface area contributed by atoms with Crippen molar-refractivity contribution in [3.8, 4) is 0 Å². The second kappa shape index (κ2) is 4.70. The van der Waals surface area contributed by atoms with Crippen LogP contribution in [0.3, 0.4) is 0 Å². The molecule has 2 N–H and O–H groups in total. The Morgan fingerprint density at radius 1 is 1.44 bits per heavy atom. The standard InChI is InChI=1S/C12H15ClFNO/c13-10-2-1-9(5-11(10)14)6-15-7-12(8-16)3-4-12/h1-2,5,15-16H,3-4,6-8H2. The van der Waals surface area contributed by atoms with E-state index in [1.165, 1.54) is 6.07 Å². The first-order valence-electron chi connectivity index (χ1n) is 5.41. The Morgan fingerprint density at radius 3 is 2.75 bits per heavy atom. The molecule has 1 aliphatic rings. The van der Waals surface area contributed by atoms with Crippen LogP contribution in [-0.4, -0.2) is 18.3 Å². The summed E-state index contributed by atoms with van der Waals surface area (Å²) in [6.07, 6.45) is 2.15. The molecular formula is C12H15ClFNO. The third kappa shape index (κ3) is 2.73. The topological polar surface area (TPSA) is 32.3 Å². The van der Waals surface area contributed by atoms with Gasteiger partial charge in [0.05, 0.1) is 5.02 Å². The van der Waals surface area contributed by atoms with Crippen molar-refractivity contribution in [2.75, 3.05) is 13.2 Å². The van der Waals surface area contributed by atoms with Gasteiger partial charge in [-0.1, -0.05) is 17.7 Å². The van der Waals surface area contributed by atoms with Crippen molar-refractivity contribution in [3.05, 3.63) is 34.6 Å². The first-order valence-corrected chi connectivity index (χ1v) is 5.79. The van der Waals surface area contributed by atoms with Crippen LogP contribution in [0.25, 0.3) is 0 Å². The lowest BCUT2D eigenvalue weighted by Crippen LogP contribution is -2.26. The van der Waals surface area contributed by atoms with Crippen LogP contribution >= 0.6 is 11.6 Å². The molecule has 0 atom stereocenters. The highest BCUT2D eigenvalue weighted by Crippen LogP contribution is 2.44. The molecule has 4 heteroatoms. The highest BCUT2D eigenvalue weighted by atomic mass is 35.5. The summed E-state index contributed by atoms with van der Waals surface area (Å²) < 4.78 is 13.1. The van der Waals surface area contributed by atoms with Crippen LogP contribution in [0.1, 0.15) is 18.4 Å². The van der Waals surface area contributed by atoms with Gasteiger partial charge >= 0.3 is 0 Å². The summed E-state index contributed by atoms with van der Waals surface area (Å²) in [5.74, 6) is -0.385. The molecule has 2 rings (SSSR count). The van der Waals surface area contributed by atoms with Gasteiger partial charge in [-0.2, -0.15) is 0 Å². The van der Waals surface area contributed by atoms with Gasteiger partial charge in [-0.3, -0.25) is 0 Å². The van der Waals surface area contributed by atoms with Crippen molar-refractivity contribution in [1.29, 1.82) is 0 Å². The minimum atomic E-state index is -0.385. The molecule has 1 fully saturated rings. The highest BCUT2D eigenvalue weighted by molar-refractivity contribution is 6.30. The average Bonchev–Trinajstić information content (AvgIpc) is 3.04. The summed E-state index contributed by atoms with van der Waals surface area (Å²) in [5.41, 5.74) is 0.959. The van der Waals surface area contributed by atoms with E-state index in [2.05, 4.69) is 5.32 Å². The molecule has 1 saturated carbocycles. The van der Waals surface area contributed by atoms with Crippen LogP contribution < -0.4 is 5.32 Å². The van der Waals surface area contributed by atoms with Crippen molar-refractivity contribution in [3.63, 3.8) is 0 Å². The SMILES string of the molecule is OCC1(CNCc2ccc(Cl)c(F)c2)CC1. The van der Waals surface area contributed by atoms with Crippen LogP contribution in [0.15, 0.2) is 18.2 Å². The fourth-order valence-electron chi connectivity index (χ4n) is 1.69. The maximum Gasteiger partial charge on any atom is 0.142 e. The molecule has 0 radical (unpaired) electrons. The Hall–Kier alpha value is -0.640. The number of aliphatic hydroxyl groups is 1. The average molecular weight is 244 g/mol. The van der Waals surface area contributed by atoms with Gasteiger partial charge in [0.2, 0.25) is 0 Å². The van der Waals surface area contributed by atoms with Gasteiger partial charge in [0.25, 0.3) is 0 Å². The molecule has 0 heterocycles. The molecule has 1 aliphatic carbocycles. The zero-order valence-corrected chi connectivity index (χ0v) is 9.73. The monoisotopic (exact) mass is 243 g/mol. The minimum absolute atomic E-state index is 0.0883. The quantitative estimate of drug-likeness (QED) is 0.832. The van der Waals surface area contributed by atoms with Crippen LogP contribution in [0.2, 0.25) is 5.02 Å². The van der Waals surface area contributed by atoms with E-state index in [9.17, 15) is 4.39 Å². The van der Waals surface area contributed by atoms with Crippen molar-refractivity contribution in [1.82, 2.24) is 5.32 Å². The fraction of sp³-hybridized carbons (Fsp3) is 0.500. The Labute approximate surface area is 99.4 Å². The van der Waals surface area contributed by atoms with E-state index in [-0.39, 0.29) is 22.9 Å². The first kappa shape index (κ1) is 11.8. The summed E-state index contributed by atoms with van der Waals surface area (Å²) in [4.78, 5) is 0. The van der Waals surface area contributed by atoms with Gasteiger partial charge in [-0.05, 0) is 30.5 Å². The van der Waals surface area contributed by atoms with E-state index in [4.69, 9.17) is 16.7 Å². The molecule has 88 valence electrons. The maximum atomic E-state index is 13.1. The number of rotatable bonds is 5. The van der Waals surface area contributed by atoms with E-state index >= 15 is 0 Å². The summed E-state index contributed by atoms with van der Waals surface area (Å²) in [5, 5.41) is 12.5. The first-order chi connectivity index (χ1) is 7.65. The fourth-order valence-corrected chi connectivity index (χ4v) is 1.81. The van der Waals surface area contributed by atoms with E-state index in [1.54, 1.807) is 12.1 Å². The molecule has 2 nitrogen and oxygen atoms in total. The van der Waals surface area contributed by atoms with Crippen molar-refractivity contribution < 1.29 is 9.50 Å². The number of nitrogens with one attached hydrogen (secondary N) is 1. The summed E-state index contributed by atoms with van der Waals surface area (Å²) in [6.45, 7) is 1.62. The smallest absolute Gasteiger partial charge is 0.142 e. The molecule has 0 spiro atoms. The van der Waals surface area contributed by atoms with E-state index < -0.39 is 0 Å². The second-order valence-corrected chi connectivity index (χ2v) is 4.92. The van der Waals surface area contributed by atoms with Crippen molar-refractivity contribution in [2.45, 2.75) is 19.4 Å².